The highest BCUT2D eigenvalue weighted by atomic mass is 35.5. The highest BCUT2D eigenvalue weighted by Gasteiger charge is 2.26. The molecular formula is C10H19ClNO4PS. The van der Waals surface area contributed by atoms with Crippen molar-refractivity contribution in [3.05, 3.63) is 9.94 Å². The Morgan fingerprint density at radius 1 is 1.28 bits per heavy atom. The molecule has 0 aliphatic rings. The third-order valence-corrected chi connectivity index (χ3v) is 6.78. The van der Waals surface area contributed by atoms with Gasteiger partial charge < -0.3 is 13.9 Å². The molecule has 0 rings (SSSR count). The van der Waals surface area contributed by atoms with E-state index in [9.17, 15) is 9.36 Å². The van der Waals surface area contributed by atoms with Gasteiger partial charge in [0, 0.05) is 32.2 Å². The average Bonchev–Trinajstić information content (AvgIpc) is 2.38. The first kappa shape index (κ1) is 18.0. The highest BCUT2D eigenvalue weighted by molar-refractivity contribution is 8.57. The van der Waals surface area contributed by atoms with Crippen molar-refractivity contribution in [3.8, 4) is 0 Å². The molecule has 0 aliphatic heterocycles. The SMILES string of the molecule is CCN(CC)C(=O)C(Cl)=C(C)SP(=O)(OC)OC. The van der Waals surface area contributed by atoms with Crippen molar-refractivity contribution in [2.75, 3.05) is 27.3 Å². The predicted octanol–water partition coefficient (Wildman–Crippen LogP) is 3.46. The number of nitrogens with zero attached hydrogens (tertiary/aromatic N) is 1. The van der Waals surface area contributed by atoms with Crippen molar-refractivity contribution in [2.45, 2.75) is 20.8 Å². The first-order valence-corrected chi connectivity index (χ1v) is 8.76. The molecule has 0 fully saturated rings. The van der Waals surface area contributed by atoms with Crippen LogP contribution in [0.15, 0.2) is 9.94 Å². The zero-order valence-corrected chi connectivity index (χ0v) is 13.7. The first-order chi connectivity index (χ1) is 8.35. The van der Waals surface area contributed by atoms with Gasteiger partial charge in [-0.15, -0.1) is 0 Å². The zero-order valence-electron chi connectivity index (χ0n) is 11.2. The Balaban J connectivity index is 5.02. The molecule has 106 valence electrons. The molecule has 18 heavy (non-hydrogen) atoms. The molecular weight excluding hydrogens is 297 g/mol. The van der Waals surface area contributed by atoms with Crippen molar-refractivity contribution in [2.24, 2.45) is 0 Å². The minimum Gasteiger partial charge on any atom is -0.338 e. The Morgan fingerprint density at radius 2 is 1.72 bits per heavy atom. The Hall–Kier alpha value is -0.0000000000000000416. The fourth-order valence-electron chi connectivity index (χ4n) is 1.16. The molecule has 5 nitrogen and oxygen atoms in total. The summed E-state index contributed by atoms with van der Waals surface area (Å²) in [5.74, 6) is -0.287. The second-order valence-electron chi connectivity index (χ2n) is 3.25. The van der Waals surface area contributed by atoms with Gasteiger partial charge in [0.15, 0.2) is 0 Å². The molecule has 0 spiro atoms. The van der Waals surface area contributed by atoms with E-state index < -0.39 is 6.80 Å². The van der Waals surface area contributed by atoms with Gasteiger partial charge in [0.1, 0.15) is 5.03 Å². The fourth-order valence-corrected chi connectivity index (χ4v) is 4.08. The first-order valence-electron chi connectivity index (χ1n) is 5.41. The number of carbonyl (C=O) groups excluding carboxylic acids is 1. The molecule has 0 N–H and O–H groups in total. The molecule has 0 aromatic heterocycles. The molecule has 8 heteroatoms. The summed E-state index contributed by atoms with van der Waals surface area (Å²) in [7, 11) is 2.56. The second-order valence-corrected chi connectivity index (χ2v) is 7.94. The maximum atomic E-state index is 12.0. The van der Waals surface area contributed by atoms with Crippen molar-refractivity contribution < 1.29 is 18.4 Å². The summed E-state index contributed by atoms with van der Waals surface area (Å²) in [5, 5.41) is 0.0398. The quantitative estimate of drug-likeness (QED) is 0.532. The summed E-state index contributed by atoms with van der Waals surface area (Å²) in [5.41, 5.74) is 0. The minimum absolute atomic E-state index is 0.0398. The zero-order chi connectivity index (χ0) is 14.3. The number of carbonyl (C=O) groups is 1. The van der Waals surface area contributed by atoms with Gasteiger partial charge >= 0.3 is 6.80 Å². The normalized spacial score (nSPS) is 13.2. The van der Waals surface area contributed by atoms with Gasteiger partial charge in [0.05, 0.1) is 0 Å². The van der Waals surface area contributed by atoms with Crippen molar-refractivity contribution in [1.82, 2.24) is 4.90 Å². The maximum Gasteiger partial charge on any atom is 0.393 e. The van der Waals surface area contributed by atoms with Gasteiger partial charge in [-0.05, 0) is 32.2 Å². The van der Waals surface area contributed by atoms with Crippen LogP contribution in [0.4, 0.5) is 0 Å². The molecule has 0 aromatic rings. The van der Waals surface area contributed by atoms with E-state index in [1.165, 1.54) is 14.2 Å². The van der Waals surface area contributed by atoms with Crippen molar-refractivity contribution in [3.63, 3.8) is 0 Å². The van der Waals surface area contributed by atoms with Gasteiger partial charge in [-0.2, -0.15) is 0 Å². The van der Waals surface area contributed by atoms with Gasteiger partial charge in [-0.3, -0.25) is 4.79 Å². The minimum atomic E-state index is -3.27. The number of hydrogen-bond donors (Lipinski definition) is 0. The molecule has 0 aromatic carbocycles. The lowest BCUT2D eigenvalue weighted by Gasteiger charge is -2.19. The molecule has 1 amide bonds. The lowest BCUT2D eigenvalue weighted by molar-refractivity contribution is -0.126. The highest BCUT2D eigenvalue weighted by Crippen LogP contribution is 2.62. The van der Waals surface area contributed by atoms with Crippen LogP contribution in [0.2, 0.25) is 0 Å². The number of likely N-dealkylation sites (N-methyl/N-ethyl adjacent to an activating group) is 1. The standard InChI is InChI=1S/C10H19ClNO4PS/c1-6-12(7-2)10(13)9(11)8(3)18-17(14,15-4)16-5/h6-7H2,1-5H3. The van der Waals surface area contributed by atoms with Crippen LogP contribution in [0.3, 0.4) is 0 Å². The van der Waals surface area contributed by atoms with E-state index in [1.54, 1.807) is 11.8 Å². The Labute approximate surface area is 117 Å². The van der Waals surface area contributed by atoms with Crippen LogP contribution >= 0.6 is 29.8 Å². The number of allylic oxidation sites excluding steroid dienone is 1. The van der Waals surface area contributed by atoms with Crippen LogP contribution in [-0.4, -0.2) is 38.1 Å². The van der Waals surface area contributed by atoms with Gasteiger partial charge in [-0.25, -0.2) is 4.57 Å². The number of hydrogen-bond acceptors (Lipinski definition) is 5. The summed E-state index contributed by atoms with van der Waals surface area (Å²) in [6.45, 7) is 3.19. The van der Waals surface area contributed by atoms with Crippen molar-refractivity contribution >= 4 is 35.7 Å². The molecule has 0 atom stereocenters. The van der Waals surface area contributed by atoms with Crippen molar-refractivity contribution in [1.29, 1.82) is 0 Å². The maximum absolute atomic E-state index is 12.0. The third-order valence-electron chi connectivity index (χ3n) is 2.24. The smallest absolute Gasteiger partial charge is 0.338 e. The molecule has 0 heterocycles. The van der Waals surface area contributed by atoms with E-state index in [0.29, 0.717) is 18.0 Å². The Bertz CT molecular complexity index is 363. The van der Waals surface area contributed by atoms with E-state index >= 15 is 0 Å². The Kier molecular flexibility index (Phi) is 8.23. The van der Waals surface area contributed by atoms with E-state index in [1.807, 2.05) is 13.8 Å². The van der Waals surface area contributed by atoms with E-state index in [0.717, 1.165) is 11.4 Å². The van der Waals surface area contributed by atoms with Crippen LogP contribution in [0.1, 0.15) is 20.8 Å². The summed E-state index contributed by atoms with van der Waals surface area (Å²) in [6, 6.07) is 0. The van der Waals surface area contributed by atoms with E-state index in [-0.39, 0.29) is 10.9 Å². The molecule has 0 bridgehead atoms. The second kappa shape index (κ2) is 8.23. The predicted molar refractivity (Wildman–Crippen MR) is 75.7 cm³/mol. The Morgan fingerprint density at radius 3 is 2.06 bits per heavy atom. The van der Waals surface area contributed by atoms with Crippen LogP contribution in [0.5, 0.6) is 0 Å². The molecule has 0 aliphatic carbocycles. The summed E-state index contributed by atoms with van der Waals surface area (Å²) in [4.78, 5) is 14.0. The van der Waals surface area contributed by atoms with E-state index in [2.05, 4.69) is 0 Å². The molecule has 0 saturated heterocycles. The van der Waals surface area contributed by atoms with Crippen LogP contribution < -0.4 is 0 Å². The van der Waals surface area contributed by atoms with Gasteiger partial charge in [0.2, 0.25) is 0 Å². The van der Waals surface area contributed by atoms with E-state index in [4.69, 9.17) is 20.6 Å². The number of halogens is 1. The number of amides is 1. The number of rotatable bonds is 7. The monoisotopic (exact) mass is 315 g/mol. The summed E-state index contributed by atoms with van der Waals surface area (Å²) < 4.78 is 21.5. The summed E-state index contributed by atoms with van der Waals surface area (Å²) in [6.07, 6.45) is 0. The topological polar surface area (TPSA) is 55.8 Å². The molecule has 0 unspecified atom stereocenters. The van der Waals surface area contributed by atoms with Gasteiger partial charge in [-0.1, -0.05) is 11.6 Å². The van der Waals surface area contributed by atoms with Crippen LogP contribution in [0.25, 0.3) is 0 Å². The third kappa shape index (κ3) is 4.94. The lowest BCUT2D eigenvalue weighted by atomic mass is 10.4. The average molecular weight is 316 g/mol. The lowest BCUT2D eigenvalue weighted by Crippen LogP contribution is -2.30. The molecule has 0 radical (unpaired) electrons. The van der Waals surface area contributed by atoms with Crippen LogP contribution in [0, 0.1) is 0 Å². The fraction of sp³-hybridized carbons (Fsp3) is 0.700. The van der Waals surface area contributed by atoms with Gasteiger partial charge in [0.25, 0.3) is 5.91 Å². The largest absolute Gasteiger partial charge is 0.393 e. The van der Waals surface area contributed by atoms with Crippen LogP contribution in [-0.2, 0) is 18.4 Å². The molecule has 0 saturated carbocycles. The summed E-state index contributed by atoms with van der Waals surface area (Å²) >= 11 is 6.82.